The molecule has 0 heterocycles. The first kappa shape index (κ1) is 16.0. The predicted octanol–water partition coefficient (Wildman–Crippen LogP) is 5.77. The fourth-order valence-electron chi connectivity index (χ4n) is 1.96. The first-order chi connectivity index (χ1) is 10.8. The molecule has 0 radical (unpaired) electrons. The van der Waals surface area contributed by atoms with Gasteiger partial charge in [-0.15, -0.1) is 0 Å². The van der Waals surface area contributed by atoms with Crippen LogP contribution in [0, 0.1) is 0 Å². The van der Waals surface area contributed by atoms with Crippen molar-refractivity contribution in [2.24, 2.45) is 10.2 Å². The number of unbranched alkanes of at least 4 members (excludes halogenated alkanes) is 3. The lowest BCUT2D eigenvalue weighted by Crippen LogP contribution is -1.96. The summed E-state index contributed by atoms with van der Waals surface area (Å²) in [6, 6.07) is 14.2. The average Bonchev–Trinajstić information content (AvgIpc) is 2.55. The molecule has 0 aliphatic rings. The summed E-state index contributed by atoms with van der Waals surface area (Å²) in [6.07, 6.45) is 4.81. The van der Waals surface area contributed by atoms with Gasteiger partial charge in [0.25, 0.3) is 0 Å². The van der Waals surface area contributed by atoms with Crippen LogP contribution in [0.1, 0.15) is 32.6 Å². The largest absolute Gasteiger partial charge is 0.508 e. The molecule has 0 amide bonds. The Labute approximate surface area is 131 Å². The lowest BCUT2D eigenvalue weighted by atomic mass is 10.2. The molecule has 0 atom stereocenters. The monoisotopic (exact) mass is 298 g/mol. The molecule has 0 unspecified atom stereocenters. The molecular formula is C18H22N2O2. The van der Waals surface area contributed by atoms with Crippen molar-refractivity contribution in [3.8, 4) is 11.5 Å². The molecule has 2 aromatic carbocycles. The van der Waals surface area contributed by atoms with Crippen molar-refractivity contribution in [3.05, 3.63) is 48.5 Å². The molecule has 0 aliphatic carbocycles. The highest BCUT2D eigenvalue weighted by Gasteiger charge is 1.96. The van der Waals surface area contributed by atoms with Gasteiger partial charge in [0.15, 0.2) is 0 Å². The molecule has 116 valence electrons. The summed E-state index contributed by atoms with van der Waals surface area (Å²) in [5, 5.41) is 17.5. The maximum absolute atomic E-state index is 9.20. The van der Waals surface area contributed by atoms with Crippen LogP contribution in [0.2, 0.25) is 0 Å². The number of rotatable bonds is 8. The molecule has 22 heavy (non-hydrogen) atoms. The van der Waals surface area contributed by atoms with Crippen LogP contribution in [0.15, 0.2) is 58.8 Å². The van der Waals surface area contributed by atoms with E-state index in [2.05, 4.69) is 17.2 Å². The number of benzene rings is 2. The van der Waals surface area contributed by atoms with Gasteiger partial charge in [0, 0.05) is 0 Å². The molecule has 0 aliphatic heterocycles. The van der Waals surface area contributed by atoms with Gasteiger partial charge in [-0.2, -0.15) is 10.2 Å². The highest BCUT2D eigenvalue weighted by atomic mass is 16.5. The number of azo groups is 1. The summed E-state index contributed by atoms with van der Waals surface area (Å²) in [5.74, 6) is 1.08. The van der Waals surface area contributed by atoms with E-state index in [9.17, 15) is 5.11 Å². The van der Waals surface area contributed by atoms with E-state index in [1.165, 1.54) is 19.3 Å². The van der Waals surface area contributed by atoms with Gasteiger partial charge < -0.3 is 9.84 Å². The molecule has 2 aromatic rings. The van der Waals surface area contributed by atoms with Crippen molar-refractivity contribution in [2.45, 2.75) is 32.6 Å². The van der Waals surface area contributed by atoms with Gasteiger partial charge in [-0.05, 0) is 55.0 Å². The second-order valence-corrected chi connectivity index (χ2v) is 5.12. The van der Waals surface area contributed by atoms with E-state index in [1.807, 2.05) is 24.3 Å². The summed E-state index contributed by atoms with van der Waals surface area (Å²) in [7, 11) is 0. The second kappa shape index (κ2) is 8.82. The summed E-state index contributed by atoms with van der Waals surface area (Å²) >= 11 is 0. The van der Waals surface area contributed by atoms with Crippen LogP contribution >= 0.6 is 0 Å². The number of hydrogen-bond acceptors (Lipinski definition) is 4. The van der Waals surface area contributed by atoms with E-state index in [4.69, 9.17) is 4.74 Å². The van der Waals surface area contributed by atoms with Crippen LogP contribution in [-0.2, 0) is 0 Å². The normalized spacial score (nSPS) is 11.0. The first-order valence-electron chi connectivity index (χ1n) is 7.71. The van der Waals surface area contributed by atoms with Crippen molar-refractivity contribution in [1.82, 2.24) is 0 Å². The van der Waals surface area contributed by atoms with E-state index in [1.54, 1.807) is 24.3 Å². The van der Waals surface area contributed by atoms with E-state index >= 15 is 0 Å². The number of nitrogens with zero attached hydrogens (tertiary/aromatic N) is 2. The molecule has 2 rings (SSSR count). The number of phenolic OH excluding ortho intramolecular Hbond substituents is 1. The van der Waals surface area contributed by atoms with E-state index in [0.717, 1.165) is 24.5 Å². The van der Waals surface area contributed by atoms with Crippen molar-refractivity contribution in [1.29, 1.82) is 0 Å². The maximum Gasteiger partial charge on any atom is 0.119 e. The van der Waals surface area contributed by atoms with Crippen molar-refractivity contribution < 1.29 is 9.84 Å². The van der Waals surface area contributed by atoms with Crippen LogP contribution in [0.25, 0.3) is 0 Å². The minimum atomic E-state index is 0.222. The molecular weight excluding hydrogens is 276 g/mol. The minimum Gasteiger partial charge on any atom is -0.508 e. The van der Waals surface area contributed by atoms with Crippen LogP contribution < -0.4 is 4.74 Å². The fraction of sp³-hybridized carbons (Fsp3) is 0.333. The van der Waals surface area contributed by atoms with E-state index < -0.39 is 0 Å². The molecule has 0 fully saturated rings. The van der Waals surface area contributed by atoms with Gasteiger partial charge in [-0.1, -0.05) is 26.2 Å². The molecule has 4 nitrogen and oxygen atoms in total. The average molecular weight is 298 g/mol. The Morgan fingerprint density at radius 1 is 0.818 bits per heavy atom. The topological polar surface area (TPSA) is 54.2 Å². The Hall–Kier alpha value is -2.36. The molecule has 0 bridgehead atoms. The molecule has 1 N–H and O–H groups in total. The Morgan fingerprint density at radius 3 is 2.00 bits per heavy atom. The van der Waals surface area contributed by atoms with E-state index in [-0.39, 0.29) is 5.75 Å². The SMILES string of the molecule is CCCCCCOc1ccc(N=Nc2ccc(O)cc2)cc1. The maximum atomic E-state index is 9.20. The number of phenols is 1. The lowest BCUT2D eigenvalue weighted by molar-refractivity contribution is 0.305. The zero-order valence-electron chi connectivity index (χ0n) is 12.9. The third-order valence-corrected chi connectivity index (χ3v) is 3.23. The fourth-order valence-corrected chi connectivity index (χ4v) is 1.96. The number of aromatic hydroxyl groups is 1. The van der Waals surface area contributed by atoms with Gasteiger partial charge in [0.1, 0.15) is 11.5 Å². The summed E-state index contributed by atoms with van der Waals surface area (Å²) in [5.41, 5.74) is 1.47. The first-order valence-corrected chi connectivity index (χ1v) is 7.71. The van der Waals surface area contributed by atoms with Crippen molar-refractivity contribution >= 4 is 11.4 Å². The van der Waals surface area contributed by atoms with Crippen LogP contribution in [-0.4, -0.2) is 11.7 Å². The third kappa shape index (κ3) is 5.56. The molecule has 0 saturated carbocycles. The summed E-state index contributed by atoms with van der Waals surface area (Å²) in [6.45, 7) is 2.96. The number of hydrogen-bond donors (Lipinski definition) is 1. The second-order valence-electron chi connectivity index (χ2n) is 5.12. The zero-order valence-corrected chi connectivity index (χ0v) is 12.9. The smallest absolute Gasteiger partial charge is 0.119 e. The molecule has 0 spiro atoms. The summed E-state index contributed by atoms with van der Waals surface area (Å²) in [4.78, 5) is 0. The van der Waals surface area contributed by atoms with Gasteiger partial charge in [-0.25, -0.2) is 0 Å². The Morgan fingerprint density at radius 2 is 1.41 bits per heavy atom. The van der Waals surface area contributed by atoms with Gasteiger partial charge in [0.2, 0.25) is 0 Å². The van der Waals surface area contributed by atoms with Crippen LogP contribution in [0.4, 0.5) is 11.4 Å². The van der Waals surface area contributed by atoms with Gasteiger partial charge in [-0.3, -0.25) is 0 Å². The molecule has 0 saturated heterocycles. The summed E-state index contributed by atoms with van der Waals surface area (Å²) < 4.78 is 5.68. The Kier molecular flexibility index (Phi) is 6.42. The lowest BCUT2D eigenvalue weighted by Gasteiger charge is -2.05. The standard InChI is InChI=1S/C18H22N2O2/c1-2-3-4-5-14-22-18-12-8-16(9-13-18)20-19-15-6-10-17(21)11-7-15/h6-13,21H,2-5,14H2,1H3. The number of ether oxygens (including phenoxy) is 1. The van der Waals surface area contributed by atoms with Crippen LogP contribution in [0.3, 0.4) is 0 Å². The van der Waals surface area contributed by atoms with Crippen molar-refractivity contribution in [3.63, 3.8) is 0 Å². The van der Waals surface area contributed by atoms with Gasteiger partial charge >= 0.3 is 0 Å². The zero-order chi connectivity index (χ0) is 15.6. The van der Waals surface area contributed by atoms with Crippen LogP contribution in [0.5, 0.6) is 11.5 Å². The highest BCUT2D eigenvalue weighted by molar-refractivity contribution is 5.43. The molecule has 0 aromatic heterocycles. The molecule has 4 heteroatoms. The minimum absolute atomic E-state index is 0.222. The Bertz CT molecular complexity index is 577. The van der Waals surface area contributed by atoms with Gasteiger partial charge in [0.05, 0.1) is 18.0 Å². The van der Waals surface area contributed by atoms with E-state index in [0.29, 0.717) is 5.69 Å². The Balaban J connectivity index is 1.82. The predicted molar refractivity (Wildman–Crippen MR) is 88.4 cm³/mol. The highest BCUT2D eigenvalue weighted by Crippen LogP contribution is 2.22. The van der Waals surface area contributed by atoms with Crippen molar-refractivity contribution in [2.75, 3.05) is 6.61 Å². The third-order valence-electron chi connectivity index (χ3n) is 3.23. The quantitative estimate of drug-likeness (QED) is 0.497.